The van der Waals surface area contributed by atoms with Crippen molar-refractivity contribution in [1.29, 1.82) is 0 Å². The molecule has 1 aromatic heterocycles. The molecule has 1 heterocycles. The zero-order valence-corrected chi connectivity index (χ0v) is 9.08. The van der Waals surface area contributed by atoms with Gasteiger partial charge >= 0.3 is 0 Å². The van der Waals surface area contributed by atoms with Gasteiger partial charge in [0.2, 0.25) is 0 Å². The largest absolute Gasteiger partial charge is 0.489 e. The molecular weight excluding hydrogens is 176 g/mol. The van der Waals surface area contributed by atoms with E-state index in [2.05, 4.69) is 10.3 Å². The summed E-state index contributed by atoms with van der Waals surface area (Å²) in [5.74, 6) is 0.855. The molecule has 0 aliphatic rings. The van der Waals surface area contributed by atoms with E-state index in [0.29, 0.717) is 0 Å². The van der Waals surface area contributed by atoms with Crippen LogP contribution >= 0.6 is 0 Å². The van der Waals surface area contributed by atoms with Crippen LogP contribution in [0.1, 0.15) is 19.4 Å². The lowest BCUT2D eigenvalue weighted by Gasteiger charge is -2.10. The fourth-order valence-corrected chi connectivity index (χ4v) is 1.21. The molecule has 0 bridgehead atoms. The maximum atomic E-state index is 5.55. The lowest BCUT2D eigenvalue weighted by atomic mass is 10.2. The molecule has 3 heteroatoms. The van der Waals surface area contributed by atoms with Crippen molar-refractivity contribution in [2.45, 2.75) is 26.4 Å². The second-order valence-electron chi connectivity index (χ2n) is 3.55. The number of hydrogen-bond acceptors (Lipinski definition) is 3. The van der Waals surface area contributed by atoms with Crippen LogP contribution in [0.3, 0.4) is 0 Å². The van der Waals surface area contributed by atoms with Crippen LogP contribution in [0.25, 0.3) is 0 Å². The molecular formula is C11H18N2O. The van der Waals surface area contributed by atoms with Gasteiger partial charge in [0.25, 0.3) is 0 Å². The van der Waals surface area contributed by atoms with Gasteiger partial charge in [-0.05, 0) is 45.5 Å². The summed E-state index contributed by atoms with van der Waals surface area (Å²) in [5, 5.41) is 3.11. The smallest absolute Gasteiger partial charge is 0.138 e. The van der Waals surface area contributed by atoms with Crippen LogP contribution < -0.4 is 10.1 Å². The zero-order valence-electron chi connectivity index (χ0n) is 9.08. The van der Waals surface area contributed by atoms with Gasteiger partial charge in [0.15, 0.2) is 0 Å². The van der Waals surface area contributed by atoms with Crippen LogP contribution in [0.4, 0.5) is 0 Å². The molecule has 0 spiro atoms. The maximum absolute atomic E-state index is 5.55. The molecule has 0 aliphatic heterocycles. The SMILES string of the molecule is CNCCc1cncc(OC(C)C)c1. The van der Waals surface area contributed by atoms with E-state index in [0.717, 1.165) is 18.7 Å². The Morgan fingerprint density at radius 2 is 2.21 bits per heavy atom. The van der Waals surface area contributed by atoms with Crippen molar-refractivity contribution in [1.82, 2.24) is 10.3 Å². The molecule has 0 aromatic carbocycles. The molecule has 78 valence electrons. The summed E-state index contributed by atoms with van der Waals surface area (Å²) in [6.45, 7) is 4.99. The lowest BCUT2D eigenvalue weighted by Crippen LogP contribution is -2.11. The Hall–Kier alpha value is -1.09. The van der Waals surface area contributed by atoms with Crippen molar-refractivity contribution >= 4 is 0 Å². The van der Waals surface area contributed by atoms with Crippen molar-refractivity contribution in [3.8, 4) is 5.75 Å². The Labute approximate surface area is 85.5 Å². The van der Waals surface area contributed by atoms with Crippen LogP contribution in [0, 0.1) is 0 Å². The Morgan fingerprint density at radius 3 is 2.86 bits per heavy atom. The van der Waals surface area contributed by atoms with Crippen molar-refractivity contribution in [2.75, 3.05) is 13.6 Å². The first-order chi connectivity index (χ1) is 6.72. The highest BCUT2D eigenvalue weighted by atomic mass is 16.5. The molecule has 1 N–H and O–H groups in total. The number of hydrogen-bond donors (Lipinski definition) is 1. The number of aromatic nitrogens is 1. The summed E-state index contributed by atoms with van der Waals surface area (Å²) in [6.07, 6.45) is 4.82. The summed E-state index contributed by atoms with van der Waals surface area (Å²) in [6, 6.07) is 2.05. The third-order valence-electron chi connectivity index (χ3n) is 1.81. The quantitative estimate of drug-likeness (QED) is 0.773. The van der Waals surface area contributed by atoms with Gasteiger partial charge in [-0.2, -0.15) is 0 Å². The minimum atomic E-state index is 0.205. The van der Waals surface area contributed by atoms with E-state index in [-0.39, 0.29) is 6.10 Å². The van der Waals surface area contributed by atoms with Gasteiger partial charge in [-0.15, -0.1) is 0 Å². The third-order valence-corrected chi connectivity index (χ3v) is 1.81. The van der Waals surface area contributed by atoms with Crippen molar-refractivity contribution < 1.29 is 4.74 Å². The summed E-state index contributed by atoms with van der Waals surface area (Å²) in [7, 11) is 1.95. The molecule has 0 amide bonds. The molecule has 14 heavy (non-hydrogen) atoms. The molecule has 0 radical (unpaired) electrons. The van der Waals surface area contributed by atoms with E-state index in [4.69, 9.17) is 4.74 Å². The van der Waals surface area contributed by atoms with Gasteiger partial charge in [-0.3, -0.25) is 4.98 Å². The first-order valence-corrected chi connectivity index (χ1v) is 4.97. The molecule has 3 nitrogen and oxygen atoms in total. The average Bonchev–Trinajstić information content (AvgIpc) is 2.14. The Balaban J connectivity index is 2.59. The molecule has 0 fully saturated rings. The highest BCUT2D eigenvalue weighted by Gasteiger charge is 1.99. The van der Waals surface area contributed by atoms with Gasteiger partial charge in [-0.25, -0.2) is 0 Å². The standard InChI is InChI=1S/C11H18N2O/c1-9(2)14-11-6-10(4-5-12-3)7-13-8-11/h6-9,12H,4-5H2,1-3H3. The summed E-state index contributed by atoms with van der Waals surface area (Å²) < 4.78 is 5.55. The summed E-state index contributed by atoms with van der Waals surface area (Å²) in [5.41, 5.74) is 1.21. The molecule has 0 unspecified atom stereocenters. The molecule has 0 saturated heterocycles. The third kappa shape index (κ3) is 3.75. The summed E-state index contributed by atoms with van der Waals surface area (Å²) >= 11 is 0. The average molecular weight is 194 g/mol. The second-order valence-corrected chi connectivity index (χ2v) is 3.55. The molecule has 0 saturated carbocycles. The molecule has 1 rings (SSSR count). The van der Waals surface area contributed by atoms with Crippen molar-refractivity contribution in [2.24, 2.45) is 0 Å². The number of likely N-dealkylation sites (N-methyl/N-ethyl adjacent to an activating group) is 1. The number of ether oxygens (including phenoxy) is 1. The zero-order chi connectivity index (χ0) is 10.4. The highest BCUT2D eigenvalue weighted by Crippen LogP contribution is 2.12. The number of rotatable bonds is 5. The van der Waals surface area contributed by atoms with Crippen LogP contribution in [0.15, 0.2) is 18.5 Å². The van der Waals surface area contributed by atoms with Crippen LogP contribution in [0.5, 0.6) is 5.75 Å². The number of nitrogens with zero attached hydrogens (tertiary/aromatic N) is 1. The minimum absolute atomic E-state index is 0.205. The fraction of sp³-hybridized carbons (Fsp3) is 0.545. The van der Waals surface area contributed by atoms with E-state index < -0.39 is 0 Å². The van der Waals surface area contributed by atoms with Gasteiger partial charge in [-0.1, -0.05) is 0 Å². The lowest BCUT2D eigenvalue weighted by molar-refractivity contribution is 0.241. The van der Waals surface area contributed by atoms with Gasteiger partial charge in [0.1, 0.15) is 5.75 Å². The Morgan fingerprint density at radius 1 is 1.43 bits per heavy atom. The first kappa shape index (κ1) is 11.0. The second kappa shape index (κ2) is 5.60. The van der Waals surface area contributed by atoms with E-state index in [1.54, 1.807) is 6.20 Å². The summed E-state index contributed by atoms with van der Waals surface area (Å²) in [4.78, 5) is 4.14. The highest BCUT2D eigenvalue weighted by molar-refractivity contribution is 5.23. The van der Waals surface area contributed by atoms with Gasteiger partial charge < -0.3 is 10.1 Å². The van der Waals surface area contributed by atoms with E-state index >= 15 is 0 Å². The predicted octanol–water partition coefficient (Wildman–Crippen LogP) is 1.63. The van der Waals surface area contributed by atoms with E-state index in [1.165, 1.54) is 5.56 Å². The Bertz CT molecular complexity index is 274. The van der Waals surface area contributed by atoms with Crippen LogP contribution in [-0.4, -0.2) is 24.7 Å². The topological polar surface area (TPSA) is 34.2 Å². The molecule has 0 atom stereocenters. The monoisotopic (exact) mass is 194 g/mol. The van der Waals surface area contributed by atoms with E-state index in [9.17, 15) is 0 Å². The molecule has 0 aliphatic carbocycles. The van der Waals surface area contributed by atoms with Crippen LogP contribution in [-0.2, 0) is 6.42 Å². The fourth-order valence-electron chi connectivity index (χ4n) is 1.21. The minimum Gasteiger partial charge on any atom is -0.489 e. The molecule has 1 aromatic rings. The number of pyridine rings is 1. The first-order valence-electron chi connectivity index (χ1n) is 4.97. The number of nitrogens with one attached hydrogen (secondary N) is 1. The Kier molecular flexibility index (Phi) is 4.40. The predicted molar refractivity (Wildman–Crippen MR) is 57.6 cm³/mol. The van der Waals surface area contributed by atoms with Crippen molar-refractivity contribution in [3.05, 3.63) is 24.0 Å². The van der Waals surface area contributed by atoms with Crippen LogP contribution in [0.2, 0.25) is 0 Å². The van der Waals surface area contributed by atoms with Crippen molar-refractivity contribution in [3.63, 3.8) is 0 Å². The normalized spacial score (nSPS) is 10.6. The van der Waals surface area contributed by atoms with Gasteiger partial charge in [0.05, 0.1) is 12.3 Å². The maximum Gasteiger partial charge on any atom is 0.138 e. The van der Waals surface area contributed by atoms with E-state index in [1.807, 2.05) is 33.2 Å². The van der Waals surface area contributed by atoms with Gasteiger partial charge in [0, 0.05) is 6.20 Å².